The number of carbonyl (C=O) groups is 1. The molecule has 1 atom stereocenters. The van der Waals surface area contributed by atoms with Gasteiger partial charge in [-0.15, -0.1) is 11.8 Å². The third kappa shape index (κ3) is 5.57. The Kier molecular flexibility index (Phi) is 6.96. The lowest BCUT2D eigenvalue weighted by molar-refractivity contribution is -0.112. The molecule has 126 valence electrons. The van der Waals surface area contributed by atoms with Gasteiger partial charge in [-0.2, -0.15) is 0 Å². The van der Waals surface area contributed by atoms with Crippen LogP contribution in [0.15, 0.2) is 35.2 Å². The third-order valence-electron chi connectivity index (χ3n) is 4.47. The van der Waals surface area contributed by atoms with E-state index in [4.69, 9.17) is 5.41 Å². The number of thioether (sulfide) groups is 1. The van der Waals surface area contributed by atoms with E-state index in [1.807, 2.05) is 18.2 Å². The summed E-state index contributed by atoms with van der Waals surface area (Å²) >= 11 is 1.67. The van der Waals surface area contributed by atoms with E-state index in [1.165, 1.54) is 32.1 Å². The summed E-state index contributed by atoms with van der Waals surface area (Å²) in [6.07, 6.45) is 8.04. The molecule has 1 aliphatic carbocycles. The second kappa shape index (κ2) is 8.96. The van der Waals surface area contributed by atoms with Gasteiger partial charge in [0.25, 0.3) is 0 Å². The third-order valence-corrected chi connectivity index (χ3v) is 5.73. The van der Waals surface area contributed by atoms with Crippen molar-refractivity contribution >= 4 is 24.0 Å². The molecule has 0 amide bonds. The van der Waals surface area contributed by atoms with Gasteiger partial charge in [0.05, 0.1) is 0 Å². The highest BCUT2D eigenvalue weighted by atomic mass is 32.2. The summed E-state index contributed by atoms with van der Waals surface area (Å²) in [7, 11) is 1.70. The van der Waals surface area contributed by atoms with Gasteiger partial charge in [-0.1, -0.05) is 50.3 Å². The largest absolute Gasteiger partial charge is 0.360 e. The summed E-state index contributed by atoms with van der Waals surface area (Å²) in [4.78, 5) is 13.1. The standard InChI is InChI=1S/C18H27N3OS/c1-20-17(19)21-18(13-22,12-15-8-4-2-5-9-15)14-23-16-10-6-3-7-11-16/h3,6-7,10-11,13,15H,2,4-5,8-9,12,14H2,1H3,(H3,19,20,21). The minimum absolute atomic E-state index is 0.210. The van der Waals surface area contributed by atoms with Gasteiger partial charge in [-0.05, 0) is 24.5 Å². The zero-order chi connectivity index (χ0) is 16.5. The summed E-state index contributed by atoms with van der Waals surface area (Å²) in [5.74, 6) is 1.42. The molecule has 5 heteroatoms. The van der Waals surface area contributed by atoms with Crippen LogP contribution in [0.5, 0.6) is 0 Å². The van der Waals surface area contributed by atoms with E-state index >= 15 is 0 Å². The first kappa shape index (κ1) is 17.9. The van der Waals surface area contributed by atoms with Crippen molar-refractivity contribution < 1.29 is 4.79 Å². The molecule has 3 N–H and O–H groups in total. The number of hydrogen-bond acceptors (Lipinski definition) is 3. The molecule has 1 saturated carbocycles. The van der Waals surface area contributed by atoms with E-state index in [9.17, 15) is 4.79 Å². The van der Waals surface area contributed by atoms with E-state index in [1.54, 1.807) is 18.8 Å². The van der Waals surface area contributed by atoms with Crippen LogP contribution in [-0.4, -0.2) is 30.6 Å². The van der Waals surface area contributed by atoms with Gasteiger partial charge in [0.1, 0.15) is 11.8 Å². The lowest BCUT2D eigenvalue weighted by Crippen LogP contribution is -2.56. The summed E-state index contributed by atoms with van der Waals surface area (Å²) in [5, 5.41) is 13.8. The maximum Gasteiger partial charge on any atom is 0.188 e. The molecule has 2 rings (SSSR count). The molecule has 1 aliphatic rings. The summed E-state index contributed by atoms with van der Waals surface area (Å²) in [6.45, 7) is 0. The molecule has 4 nitrogen and oxygen atoms in total. The highest BCUT2D eigenvalue weighted by Gasteiger charge is 2.34. The minimum atomic E-state index is -0.678. The van der Waals surface area contributed by atoms with Crippen molar-refractivity contribution in [1.82, 2.24) is 10.6 Å². The molecule has 0 heterocycles. The second-order valence-corrected chi connectivity index (χ2v) is 7.38. The first-order valence-corrected chi connectivity index (χ1v) is 9.35. The number of guanidine groups is 1. The Morgan fingerprint density at radius 3 is 2.61 bits per heavy atom. The van der Waals surface area contributed by atoms with Gasteiger partial charge in [0.2, 0.25) is 0 Å². The molecule has 0 spiro atoms. The van der Waals surface area contributed by atoms with Crippen LogP contribution in [0.3, 0.4) is 0 Å². The fourth-order valence-corrected chi connectivity index (χ4v) is 4.24. The Bertz CT molecular complexity index is 502. The second-order valence-electron chi connectivity index (χ2n) is 6.33. The molecule has 1 unspecified atom stereocenters. The number of rotatable bonds is 7. The number of nitrogens with one attached hydrogen (secondary N) is 3. The van der Waals surface area contributed by atoms with Crippen molar-refractivity contribution in [3.05, 3.63) is 30.3 Å². The quantitative estimate of drug-likeness (QED) is 0.309. The van der Waals surface area contributed by atoms with Gasteiger partial charge < -0.3 is 15.4 Å². The topological polar surface area (TPSA) is 65.0 Å². The highest BCUT2D eigenvalue weighted by Crippen LogP contribution is 2.33. The fourth-order valence-electron chi connectivity index (χ4n) is 3.20. The van der Waals surface area contributed by atoms with Gasteiger partial charge in [-0.25, -0.2) is 0 Å². The van der Waals surface area contributed by atoms with Crippen molar-refractivity contribution in [2.24, 2.45) is 5.92 Å². The molecule has 0 aromatic heterocycles. The molecule has 0 radical (unpaired) electrons. The monoisotopic (exact) mass is 333 g/mol. The van der Waals surface area contributed by atoms with Crippen molar-refractivity contribution in [3.8, 4) is 0 Å². The van der Waals surface area contributed by atoms with E-state index < -0.39 is 5.54 Å². The van der Waals surface area contributed by atoms with Crippen molar-refractivity contribution in [1.29, 1.82) is 5.41 Å². The number of benzene rings is 1. The zero-order valence-electron chi connectivity index (χ0n) is 13.8. The van der Waals surface area contributed by atoms with Crippen LogP contribution >= 0.6 is 11.8 Å². The van der Waals surface area contributed by atoms with E-state index in [-0.39, 0.29) is 5.96 Å². The van der Waals surface area contributed by atoms with Crippen molar-refractivity contribution in [3.63, 3.8) is 0 Å². The van der Waals surface area contributed by atoms with E-state index in [0.29, 0.717) is 11.7 Å². The first-order chi connectivity index (χ1) is 11.2. The van der Waals surface area contributed by atoms with Crippen LogP contribution in [-0.2, 0) is 4.79 Å². The van der Waals surface area contributed by atoms with Crippen LogP contribution in [0.1, 0.15) is 38.5 Å². The molecule has 0 aliphatic heterocycles. The molecule has 1 aromatic rings. The molecule has 0 bridgehead atoms. The van der Waals surface area contributed by atoms with Crippen LogP contribution < -0.4 is 10.6 Å². The molecular weight excluding hydrogens is 306 g/mol. The normalized spacial score (nSPS) is 18.0. The number of hydrogen-bond donors (Lipinski definition) is 3. The maximum atomic E-state index is 12.0. The Morgan fingerprint density at radius 2 is 2.00 bits per heavy atom. The molecule has 1 aromatic carbocycles. The van der Waals surface area contributed by atoms with Gasteiger partial charge in [0, 0.05) is 17.7 Å². The van der Waals surface area contributed by atoms with Gasteiger partial charge >= 0.3 is 0 Å². The highest BCUT2D eigenvalue weighted by molar-refractivity contribution is 7.99. The minimum Gasteiger partial charge on any atom is -0.360 e. The van der Waals surface area contributed by atoms with Gasteiger partial charge in [0.15, 0.2) is 5.96 Å². The predicted octanol–water partition coefficient (Wildman–Crippen LogP) is 3.43. The SMILES string of the molecule is CNC(=N)NC(C=O)(CSc1ccccc1)CC1CCCCC1. The average Bonchev–Trinajstić information content (AvgIpc) is 2.61. The van der Waals surface area contributed by atoms with Crippen LogP contribution in [0.4, 0.5) is 0 Å². The Balaban J connectivity index is 2.07. The summed E-state index contributed by atoms with van der Waals surface area (Å²) < 4.78 is 0. The Morgan fingerprint density at radius 1 is 1.30 bits per heavy atom. The maximum absolute atomic E-state index is 12.0. The summed E-state index contributed by atoms with van der Waals surface area (Å²) in [6, 6.07) is 10.1. The number of aldehydes is 1. The zero-order valence-corrected chi connectivity index (χ0v) is 14.6. The molecule has 23 heavy (non-hydrogen) atoms. The first-order valence-electron chi connectivity index (χ1n) is 8.36. The van der Waals surface area contributed by atoms with Crippen LogP contribution in [0.25, 0.3) is 0 Å². The van der Waals surface area contributed by atoms with Gasteiger partial charge in [-0.3, -0.25) is 5.41 Å². The number of carbonyl (C=O) groups excluding carboxylic acids is 1. The van der Waals surface area contributed by atoms with E-state index in [0.717, 1.165) is 17.6 Å². The molecule has 1 fully saturated rings. The van der Waals surface area contributed by atoms with Crippen LogP contribution in [0, 0.1) is 11.3 Å². The smallest absolute Gasteiger partial charge is 0.188 e. The Hall–Kier alpha value is -1.49. The molecular formula is C18H27N3OS. The molecule has 0 saturated heterocycles. The summed E-state index contributed by atoms with van der Waals surface area (Å²) in [5.41, 5.74) is -0.678. The Labute approximate surface area is 143 Å². The van der Waals surface area contributed by atoms with Crippen LogP contribution in [0.2, 0.25) is 0 Å². The van der Waals surface area contributed by atoms with E-state index in [2.05, 4.69) is 22.8 Å². The predicted molar refractivity (Wildman–Crippen MR) is 97.1 cm³/mol. The fraction of sp³-hybridized carbons (Fsp3) is 0.556. The van der Waals surface area contributed by atoms with Crippen molar-refractivity contribution in [2.75, 3.05) is 12.8 Å². The average molecular weight is 334 g/mol. The lowest BCUT2D eigenvalue weighted by atomic mass is 9.80. The lowest BCUT2D eigenvalue weighted by Gasteiger charge is -2.35. The van der Waals surface area contributed by atoms with Crippen molar-refractivity contribution in [2.45, 2.75) is 49.0 Å².